The Morgan fingerprint density at radius 2 is 0.397 bits per heavy atom. The van der Waals surface area contributed by atoms with E-state index in [2.05, 4.69) is 300 Å². The molecule has 402 valence electrons. The van der Waals surface area contributed by atoms with Crippen molar-refractivity contribution in [2.75, 3.05) is 23.1 Å². The van der Waals surface area contributed by atoms with Crippen LogP contribution in [0.3, 0.4) is 0 Å². The van der Waals surface area contributed by atoms with Crippen LogP contribution in [0.5, 0.6) is 11.5 Å². The van der Waals surface area contributed by atoms with Crippen LogP contribution in [0.15, 0.2) is 291 Å². The molecule has 0 heterocycles. The van der Waals surface area contributed by atoms with Crippen molar-refractivity contribution < 1.29 is 51.7 Å². The molecule has 0 aromatic heterocycles. The number of anilines is 2. The third-order valence-electron chi connectivity index (χ3n) is 11.9. The van der Waals surface area contributed by atoms with Gasteiger partial charge >= 0.3 is 50.1 Å². The maximum absolute atomic E-state index is 10.7. The first kappa shape index (κ1) is 59.3. The molecule has 0 saturated carbocycles. The van der Waals surface area contributed by atoms with Crippen molar-refractivity contribution in [2.24, 2.45) is 0 Å². The molecule has 0 N–H and O–H groups in total. The summed E-state index contributed by atoms with van der Waals surface area (Å²) in [6.45, 7) is 0. The number of nitrogens with zero attached hydrogens (tertiary/aromatic N) is 2. The number of hydrogen-bond donors (Lipinski definition) is 0. The van der Waals surface area contributed by atoms with Crippen molar-refractivity contribution in [3.8, 4) is 11.5 Å². The van der Waals surface area contributed by atoms with E-state index in [9.17, 15) is 25.2 Å². The summed E-state index contributed by atoms with van der Waals surface area (Å²) >= 11 is 0. The Morgan fingerprint density at radius 3 is 0.551 bits per heavy atom. The van der Waals surface area contributed by atoms with Gasteiger partial charge in [-0.1, -0.05) is 170 Å². The van der Waals surface area contributed by atoms with Gasteiger partial charge in [-0.25, -0.2) is 0 Å². The van der Waals surface area contributed by atoms with E-state index in [4.69, 9.17) is 9.47 Å². The quantitative estimate of drug-likeness (QED) is 0.0547. The van der Waals surface area contributed by atoms with Crippen LogP contribution >= 0.6 is 40.1 Å². The molecule has 78 heavy (non-hydrogen) atoms. The van der Waals surface area contributed by atoms with E-state index < -0.39 is 40.1 Å². The van der Waals surface area contributed by atoms with Crippen LogP contribution in [0.1, 0.15) is 0 Å². The van der Waals surface area contributed by atoms with Crippen LogP contribution in [-0.2, 0) is 17.1 Å². The van der Waals surface area contributed by atoms with E-state index in [-0.39, 0.29) is 17.1 Å². The second-order valence-electron chi connectivity index (χ2n) is 17.3. The number of para-hydroxylation sites is 4. The topological polar surface area (TPSA) is 24.9 Å². The van der Waals surface area contributed by atoms with E-state index in [0.29, 0.717) is 0 Å². The standard InChI is InChI=1S/2C31H27NOP2.Cu.F6P/c2*1-33-31-25-15-14-24-30(31)32(34(26-16-6-2-7-17-26)27-18-8-3-9-19-27)35(28-20-10-4-11-21-28)29-22-12-5-13-23-29;;1-7(2,3,4,5)6/h2*2-25H,1H3;;/q;;+1;-1/p+4. The summed E-state index contributed by atoms with van der Waals surface area (Å²) in [6, 6.07) is 105. The summed E-state index contributed by atoms with van der Waals surface area (Å²) in [6.07, 6.45) is 0. The second-order valence-corrected chi connectivity index (χ2v) is 29.3. The Kier molecular flexibility index (Phi) is 20.5. The monoisotopic (exact) mass is 1190 g/mol. The zero-order valence-corrected chi connectivity index (χ0v) is 48.3. The van der Waals surface area contributed by atoms with Gasteiger partial charge in [0.2, 0.25) is 0 Å². The molecule has 0 spiro atoms. The molecule has 0 unspecified atom stereocenters. The van der Waals surface area contributed by atoms with Crippen LogP contribution in [0, 0.1) is 0 Å². The Labute approximate surface area is 468 Å². The van der Waals surface area contributed by atoms with Crippen LogP contribution in [0.4, 0.5) is 36.6 Å². The minimum Gasteiger partial charge on any atom is 1.00 e. The van der Waals surface area contributed by atoms with Gasteiger partial charge in [0.1, 0.15) is 53.9 Å². The van der Waals surface area contributed by atoms with Gasteiger partial charge in [0.25, 0.3) is 0 Å². The summed E-state index contributed by atoms with van der Waals surface area (Å²) in [4.78, 5) is 0. The molecule has 10 rings (SSSR count). The molecule has 0 atom stereocenters. The second kappa shape index (κ2) is 27.0. The number of ether oxygens (including phenoxy) is 2. The average Bonchev–Trinajstić information content (AvgIpc) is 3.53. The predicted octanol–water partition coefficient (Wildman–Crippen LogP) is 15.5. The maximum Gasteiger partial charge on any atom is 1.00 e. The van der Waals surface area contributed by atoms with Gasteiger partial charge in [-0.05, 0) is 121 Å². The smallest absolute Gasteiger partial charge is 1.00 e. The Bertz CT molecular complexity index is 2810. The minimum absolute atomic E-state index is 0. The molecule has 0 aliphatic carbocycles. The summed E-state index contributed by atoms with van der Waals surface area (Å²) in [5.41, 5.74) is 2.27. The first-order chi connectivity index (χ1) is 37.2. The SMILES string of the molecule is COc1ccccc1N([PH+](c1ccccc1)c1ccccc1)[PH+](c1ccccc1)c1ccccc1.COc1ccccc1N([PH+](c1ccccc1)c1ccccc1)[PH+](c1ccccc1)c1ccccc1.F[P-](F)(F)(F)(F)F.[Cu+]. The summed E-state index contributed by atoms with van der Waals surface area (Å²) in [5.74, 6) is 1.80. The van der Waals surface area contributed by atoms with E-state index in [0.717, 1.165) is 22.9 Å². The van der Waals surface area contributed by atoms with Gasteiger partial charge in [-0.2, -0.15) is 0 Å². The van der Waals surface area contributed by atoms with Crippen molar-refractivity contribution in [2.45, 2.75) is 0 Å². The van der Waals surface area contributed by atoms with Crippen LogP contribution in [0.2, 0.25) is 0 Å². The van der Waals surface area contributed by atoms with Gasteiger partial charge in [0.05, 0.1) is 14.2 Å². The summed E-state index contributed by atoms with van der Waals surface area (Å²) < 4.78 is 76.5. The molecular weight excluding hydrogens is 1140 g/mol. The fourth-order valence-electron chi connectivity index (χ4n) is 8.80. The van der Waals surface area contributed by atoms with Crippen LogP contribution < -0.4 is 60.8 Å². The van der Waals surface area contributed by atoms with E-state index >= 15 is 0 Å². The largest absolute Gasteiger partial charge is 1.00 e. The number of halogens is 6. The van der Waals surface area contributed by atoms with Gasteiger partial charge in [-0.3, -0.25) is 0 Å². The third-order valence-corrected chi connectivity index (χ3v) is 24.4. The average molecular weight is 1200 g/mol. The molecule has 0 radical (unpaired) electrons. The molecule has 10 aromatic rings. The normalized spacial score (nSPS) is 11.9. The van der Waals surface area contributed by atoms with Crippen molar-refractivity contribution in [1.29, 1.82) is 0 Å². The molecule has 0 bridgehead atoms. The van der Waals surface area contributed by atoms with Crippen molar-refractivity contribution in [1.82, 2.24) is 0 Å². The van der Waals surface area contributed by atoms with Crippen LogP contribution in [0.25, 0.3) is 0 Å². The molecule has 4 nitrogen and oxygen atoms in total. The Hall–Kier alpha value is -6.35. The molecule has 0 fully saturated rings. The van der Waals surface area contributed by atoms with E-state index in [1.807, 2.05) is 0 Å². The first-order valence-corrected chi connectivity index (χ1v) is 32.3. The van der Waals surface area contributed by atoms with E-state index in [1.54, 1.807) is 14.2 Å². The van der Waals surface area contributed by atoms with Gasteiger partial charge in [0, 0.05) is 0 Å². The first-order valence-electron chi connectivity index (χ1n) is 24.5. The van der Waals surface area contributed by atoms with Crippen molar-refractivity contribution >= 4 is 93.9 Å². The number of benzene rings is 10. The Morgan fingerprint density at radius 1 is 0.256 bits per heavy atom. The fraction of sp³-hybridized carbons (Fsp3) is 0.0323. The maximum atomic E-state index is 9.87. The Balaban J connectivity index is 0.000000199. The number of methoxy groups -OCH3 is 2. The van der Waals surface area contributed by atoms with Gasteiger partial charge < -0.3 is 9.47 Å². The summed E-state index contributed by atoms with van der Waals surface area (Å²) in [7, 11) is -12.8. The molecule has 0 amide bonds. The molecule has 10 aromatic carbocycles. The van der Waals surface area contributed by atoms with E-state index in [1.165, 1.54) is 42.4 Å². The predicted molar refractivity (Wildman–Crippen MR) is 326 cm³/mol. The third kappa shape index (κ3) is 16.8. The molecule has 0 aliphatic rings. The minimum atomic E-state index is -10.7. The fourth-order valence-corrected chi connectivity index (χ4v) is 22.9. The zero-order valence-electron chi connectivity index (χ0n) is 42.4. The molecular formula is C62H58CuF6N2O2P5+4. The summed E-state index contributed by atoms with van der Waals surface area (Å²) in [5, 5.41) is 10.8. The van der Waals surface area contributed by atoms with Crippen molar-refractivity contribution in [3.05, 3.63) is 291 Å². The zero-order chi connectivity index (χ0) is 54.2. The number of hydrogen-bond acceptors (Lipinski definition) is 4. The van der Waals surface area contributed by atoms with Crippen molar-refractivity contribution in [3.63, 3.8) is 0 Å². The number of rotatable bonds is 16. The molecule has 0 aliphatic heterocycles. The molecule has 16 heteroatoms. The van der Waals surface area contributed by atoms with Gasteiger partial charge in [-0.15, -0.1) is 8.88 Å². The molecule has 0 saturated heterocycles. The van der Waals surface area contributed by atoms with Crippen LogP contribution in [-0.4, -0.2) is 14.2 Å². The van der Waals surface area contributed by atoms with Gasteiger partial charge in [0.15, 0.2) is 43.7 Å².